The molecular weight excluding hydrogens is 231 g/mol. The van der Waals surface area contributed by atoms with Gasteiger partial charge in [-0.25, -0.2) is 9.37 Å². The highest BCUT2D eigenvalue weighted by Crippen LogP contribution is 2.20. The molecule has 1 N–H and O–H groups in total. The van der Waals surface area contributed by atoms with E-state index in [1.807, 2.05) is 26.1 Å². The molecule has 0 aliphatic rings. The molecule has 2 rings (SSSR count). The number of aromatic nitrogens is 1. The summed E-state index contributed by atoms with van der Waals surface area (Å²) in [6, 6.07) is 8.30. The third-order valence-corrected chi connectivity index (χ3v) is 2.61. The third kappa shape index (κ3) is 2.97. The van der Waals surface area contributed by atoms with Crippen LogP contribution in [0.15, 0.2) is 36.5 Å². The van der Waals surface area contributed by atoms with Crippen LogP contribution in [0, 0.1) is 12.7 Å². The number of pyridine rings is 1. The Balaban J connectivity index is 2.06. The van der Waals surface area contributed by atoms with Gasteiger partial charge in [-0.05, 0) is 48.4 Å². The number of anilines is 1. The van der Waals surface area contributed by atoms with Gasteiger partial charge < -0.3 is 10.1 Å². The summed E-state index contributed by atoms with van der Waals surface area (Å²) in [7, 11) is 1.82. The molecule has 0 radical (unpaired) electrons. The van der Waals surface area contributed by atoms with Crippen molar-refractivity contribution in [3.05, 3.63) is 53.5 Å². The molecule has 18 heavy (non-hydrogen) atoms. The van der Waals surface area contributed by atoms with Crippen molar-refractivity contribution in [2.24, 2.45) is 0 Å². The second-order valence-corrected chi connectivity index (χ2v) is 4.00. The van der Waals surface area contributed by atoms with Crippen LogP contribution < -0.4 is 10.1 Å². The summed E-state index contributed by atoms with van der Waals surface area (Å²) in [5.74, 6) is 1.24. The molecule has 0 bridgehead atoms. The van der Waals surface area contributed by atoms with E-state index in [0.29, 0.717) is 12.4 Å². The molecule has 0 unspecified atom stereocenters. The zero-order valence-corrected chi connectivity index (χ0v) is 10.4. The molecule has 94 valence electrons. The largest absolute Gasteiger partial charge is 0.489 e. The lowest BCUT2D eigenvalue weighted by molar-refractivity contribution is 0.303. The molecule has 1 aromatic carbocycles. The third-order valence-electron chi connectivity index (χ3n) is 2.61. The summed E-state index contributed by atoms with van der Waals surface area (Å²) in [6.45, 7) is 2.26. The molecule has 1 aromatic heterocycles. The Labute approximate surface area is 106 Å². The number of rotatable bonds is 4. The van der Waals surface area contributed by atoms with Crippen LogP contribution in [0.3, 0.4) is 0 Å². The first-order chi connectivity index (χ1) is 8.69. The number of benzene rings is 1. The SMILES string of the molecule is CNc1cc(COc2ccc(F)cc2C)ccn1. The predicted molar refractivity (Wildman–Crippen MR) is 69.3 cm³/mol. The molecule has 0 saturated carbocycles. The fourth-order valence-electron chi connectivity index (χ4n) is 1.64. The summed E-state index contributed by atoms with van der Waals surface area (Å²) in [6.07, 6.45) is 1.72. The normalized spacial score (nSPS) is 10.2. The first kappa shape index (κ1) is 12.4. The average Bonchev–Trinajstić information content (AvgIpc) is 2.38. The van der Waals surface area contributed by atoms with Crippen molar-refractivity contribution in [1.82, 2.24) is 4.98 Å². The zero-order valence-electron chi connectivity index (χ0n) is 10.4. The highest BCUT2D eigenvalue weighted by molar-refractivity contribution is 5.37. The summed E-state index contributed by atoms with van der Waals surface area (Å²) in [5.41, 5.74) is 1.80. The van der Waals surface area contributed by atoms with Gasteiger partial charge in [-0.3, -0.25) is 0 Å². The second kappa shape index (κ2) is 5.49. The Hall–Kier alpha value is -2.10. The van der Waals surface area contributed by atoms with Crippen LogP contribution in [0.1, 0.15) is 11.1 Å². The molecule has 1 heterocycles. The molecule has 0 atom stereocenters. The van der Waals surface area contributed by atoms with E-state index < -0.39 is 0 Å². The average molecular weight is 246 g/mol. The zero-order chi connectivity index (χ0) is 13.0. The van der Waals surface area contributed by atoms with Crippen LogP contribution in [0.4, 0.5) is 10.2 Å². The maximum absolute atomic E-state index is 12.9. The van der Waals surface area contributed by atoms with Crippen LogP contribution in [-0.4, -0.2) is 12.0 Å². The number of aryl methyl sites for hydroxylation is 1. The molecule has 2 aromatic rings. The molecule has 0 fully saturated rings. The minimum absolute atomic E-state index is 0.249. The lowest BCUT2D eigenvalue weighted by Gasteiger charge is -2.09. The van der Waals surface area contributed by atoms with Crippen molar-refractivity contribution in [2.45, 2.75) is 13.5 Å². The molecule has 0 aliphatic carbocycles. The molecule has 0 spiro atoms. The number of nitrogens with one attached hydrogen (secondary N) is 1. The Morgan fingerprint density at radius 2 is 2.11 bits per heavy atom. The van der Waals surface area contributed by atoms with E-state index in [2.05, 4.69) is 10.3 Å². The van der Waals surface area contributed by atoms with Gasteiger partial charge in [0.15, 0.2) is 0 Å². The summed E-state index contributed by atoms with van der Waals surface area (Å²) < 4.78 is 18.6. The van der Waals surface area contributed by atoms with Gasteiger partial charge in [0.05, 0.1) is 0 Å². The van der Waals surface area contributed by atoms with Crippen molar-refractivity contribution in [3.63, 3.8) is 0 Å². The number of nitrogens with zero attached hydrogens (tertiary/aromatic N) is 1. The van der Waals surface area contributed by atoms with E-state index in [1.165, 1.54) is 12.1 Å². The maximum atomic E-state index is 12.9. The van der Waals surface area contributed by atoms with Gasteiger partial charge in [-0.1, -0.05) is 0 Å². The van der Waals surface area contributed by atoms with E-state index >= 15 is 0 Å². The van der Waals surface area contributed by atoms with E-state index in [-0.39, 0.29) is 5.82 Å². The van der Waals surface area contributed by atoms with Crippen molar-refractivity contribution < 1.29 is 9.13 Å². The standard InChI is InChI=1S/C14H15FN2O/c1-10-7-12(15)3-4-13(10)18-9-11-5-6-17-14(8-11)16-2/h3-8H,9H2,1-2H3,(H,16,17). The topological polar surface area (TPSA) is 34.1 Å². The number of ether oxygens (including phenoxy) is 1. The molecule has 0 aliphatic heterocycles. The van der Waals surface area contributed by atoms with E-state index in [0.717, 1.165) is 16.9 Å². The first-order valence-corrected chi connectivity index (χ1v) is 5.70. The molecule has 4 heteroatoms. The molecule has 0 saturated heterocycles. The smallest absolute Gasteiger partial charge is 0.126 e. The molecule has 3 nitrogen and oxygen atoms in total. The lowest BCUT2D eigenvalue weighted by Crippen LogP contribution is -1.99. The highest BCUT2D eigenvalue weighted by Gasteiger charge is 2.02. The fourth-order valence-corrected chi connectivity index (χ4v) is 1.64. The lowest BCUT2D eigenvalue weighted by atomic mass is 10.2. The van der Waals surface area contributed by atoms with Gasteiger partial charge in [0.1, 0.15) is 24.0 Å². The quantitative estimate of drug-likeness (QED) is 0.899. The molecular formula is C14H15FN2O. The summed E-state index contributed by atoms with van der Waals surface area (Å²) >= 11 is 0. The monoisotopic (exact) mass is 246 g/mol. The Morgan fingerprint density at radius 1 is 1.28 bits per heavy atom. The second-order valence-electron chi connectivity index (χ2n) is 4.00. The van der Waals surface area contributed by atoms with E-state index in [1.54, 1.807) is 12.3 Å². The van der Waals surface area contributed by atoms with Crippen molar-refractivity contribution in [2.75, 3.05) is 12.4 Å². The van der Waals surface area contributed by atoms with Gasteiger partial charge in [0.25, 0.3) is 0 Å². The van der Waals surface area contributed by atoms with Crippen LogP contribution in [0.5, 0.6) is 5.75 Å². The summed E-state index contributed by atoms with van der Waals surface area (Å²) in [4.78, 5) is 4.13. The Kier molecular flexibility index (Phi) is 3.77. The van der Waals surface area contributed by atoms with Gasteiger partial charge in [0, 0.05) is 13.2 Å². The van der Waals surface area contributed by atoms with Gasteiger partial charge in [-0.15, -0.1) is 0 Å². The number of hydrogen-bond donors (Lipinski definition) is 1. The highest BCUT2D eigenvalue weighted by atomic mass is 19.1. The van der Waals surface area contributed by atoms with E-state index in [9.17, 15) is 4.39 Å². The maximum Gasteiger partial charge on any atom is 0.126 e. The van der Waals surface area contributed by atoms with Crippen molar-refractivity contribution in [1.29, 1.82) is 0 Å². The first-order valence-electron chi connectivity index (χ1n) is 5.70. The predicted octanol–water partition coefficient (Wildman–Crippen LogP) is 3.15. The number of halogens is 1. The number of hydrogen-bond acceptors (Lipinski definition) is 3. The Morgan fingerprint density at radius 3 is 2.83 bits per heavy atom. The van der Waals surface area contributed by atoms with Crippen molar-refractivity contribution in [3.8, 4) is 5.75 Å². The fraction of sp³-hybridized carbons (Fsp3) is 0.214. The van der Waals surface area contributed by atoms with Crippen LogP contribution in [-0.2, 0) is 6.61 Å². The van der Waals surface area contributed by atoms with Gasteiger partial charge >= 0.3 is 0 Å². The minimum Gasteiger partial charge on any atom is -0.489 e. The van der Waals surface area contributed by atoms with Gasteiger partial charge in [-0.2, -0.15) is 0 Å². The van der Waals surface area contributed by atoms with Crippen LogP contribution in [0.2, 0.25) is 0 Å². The van der Waals surface area contributed by atoms with Crippen molar-refractivity contribution >= 4 is 5.82 Å². The summed E-state index contributed by atoms with van der Waals surface area (Å²) in [5, 5.41) is 2.97. The van der Waals surface area contributed by atoms with Gasteiger partial charge in [0.2, 0.25) is 0 Å². The van der Waals surface area contributed by atoms with Crippen LogP contribution in [0.25, 0.3) is 0 Å². The minimum atomic E-state index is -0.249. The van der Waals surface area contributed by atoms with Crippen LogP contribution >= 0.6 is 0 Å². The Bertz CT molecular complexity index is 543. The molecule has 0 amide bonds. The van der Waals surface area contributed by atoms with E-state index in [4.69, 9.17) is 4.74 Å².